The summed E-state index contributed by atoms with van der Waals surface area (Å²) in [7, 11) is 0. The molecule has 0 bridgehead atoms. The second-order valence-corrected chi connectivity index (χ2v) is 6.08. The van der Waals surface area contributed by atoms with Crippen LogP contribution in [-0.2, 0) is 9.53 Å². The van der Waals surface area contributed by atoms with E-state index >= 15 is 0 Å². The van der Waals surface area contributed by atoms with Crippen LogP contribution in [0.4, 0.5) is 5.69 Å². The number of anilines is 1. The number of ether oxygens (including phenoxy) is 1. The van der Waals surface area contributed by atoms with Crippen molar-refractivity contribution in [3.8, 4) is 0 Å². The molecular formula is C16H24N2O2S. The lowest BCUT2D eigenvalue weighted by Gasteiger charge is -2.23. The lowest BCUT2D eigenvalue weighted by atomic mass is 10.1. The van der Waals surface area contributed by atoms with Gasteiger partial charge in [0.05, 0.1) is 6.10 Å². The Balaban J connectivity index is 2.66. The minimum atomic E-state index is -0.461. The van der Waals surface area contributed by atoms with E-state index in [1.54, 1.807) is 0 Å². The quantitative estimate of drug-likeness (QED) is 0.646. The summed E-state index contributed by atoms with van der Waals surface area (Å²) in [5.41, 5.74) is 2.04. The number of carbonyl (C=O) groups is 1. The maximum atomic E-state index is 12.1. The SMILES string of the molecule is Cc1cccc(NC(=S)NC(C(=O)OC(C)C)C(C)C)c1. The molecule has 1 unspecified atom stereocenters. The highest BCUT2D eigenvalue weighted by Crippen LogP contribution is 2.10. The van der Waals surface area contributed by atoms with Crippen LogP contribution < -0.4 is 10.6 Å². The van der Waals surface area contributed by atoms with Crippen LogP contribution in [0.2, 0.25) is 0 Å². The number of aryl methyl sites for hydroxylation is 1. The maximum Gasteiger partial charge on any atom is 0.329 e. The van der Waals surface area contributed by atoms with E-state index in [2.05, 4.69) is 10.6 Å². The summed E-state index contributed by atoms with van der Waals surface area (Å²) in [6.45, 7) is 9.58. The Labute approximate surface area is 132 Å². The molecule has 0 heterocycles. The van der Waals surface area contributed by atoms with Crippen LogP contribution in [0.15, 0.2) is 24.3 Å². The zero-order valence-corrected chi connectivity index (χ0v) is 14.1. The van der Waals surface area contributed by atoms with Crippen molar-refractivity contribution >= 4 is 29.0 Å². The Morgan fingerprint density at radius 1 is 1.24 bits per heavy atom. The van der Waals surface area contributed by atoms with E-state index in [4.69, 9.17) is 17.0 Å². The first kappa shape index (κ1) is 17.4. The highest BCUT2D eigenvalue weighted by atomic mass is 32.1. The van der Waals surface area contributed by atoms with Gasteiger partial charge in [-0.05, 0) is 56.6 Å². The smallest absolute Gasteiger partial charge is 0.329 e. The zero-order valence-electron chi connectivity index (χ0n) is 13.3. The van der Waals surface area contributed by atoms with Crippen molar-refractivity contribution in [3.05, 3.63) is 29.8 Å². The molecule has 0 saturated heterocycles. The van der Waals surface area contributed by atoms with Crippen molar-refractivity contribution in [2.75, 3.05) is 5.32 Å². The number of nitrogens with one attached hydrogen (secondary N) is 2. The number of esters is 1. The largest absolute Gasteiger partial charge is 0.461 e. The summed E-state index contributed by atoms with van der Waals surface area (Å²) in [6.07, 6.45) is -0.140. The van der Waals surface area contributed by atoms with Crippen LogP contribution in [0.25, 0.3) is 0 Å². The van der Waals surface area contributed by atoms with Gasteiger partial charge in [-0.25, -0.2) is 4.79 Å². The van der Waals surface area contributed by atoms with E-state index in [9.17, 15) is 4.79 Å². The van der Waals surface area contributed by atoms with E-state index in [0.29, 0.717) is 5.11 Å². The standard InChI is InChI=1S/C16H24N2O2S/c1-10(2)14(15(19)20-11(3)4)18-16(21)17-13-8-6-7-12(5)9-13/h6-11,14H,1-5H3,(H2,17,18,21). The molecule has 0 saturated carbocycles. The summed E-state index contributed by atoms with van der Waals surface area (Å²) in [6, 6.07) is 7.42. The van der Waals surface area contributed by atoms with Gasteiger partial charge in [-0.1, -0.05) is 26.0 Å². The van der Waals surface area contributed by atoms with Crippen LogP contribution in [0.5, 0.6) is 0 Å². The predicted octanol–water partition coefficient (Wildman–Crippen LogP) is 3.26. The average Bonchev–Trinajstić information content (AvgIpc) is 2.34. The molecule has 1 aromatic rings. The zero-order chi connectivity index (χ0) is 16.0. The van der Waals surface area contributed by atoms with E-state index in [1.165, 1.54) is 0 Å². The third-order valence-electron chi connectivity index (χ3n) is 2.83. The third kappa shape index (κ3) is 6.12. The van der Waals surface area contributed by atoms with Gasteiger partial charge in [0.2, 0.25) is 0 Å². The summed E-state index contributed by atoms with van der Waals surface area (Å²) in [5.74, 6) is -0.207. The molecule has 1 atom stereocenters. The normalized spacial score (nSPS) is 12.1. The first-order chi connectivity index (χ1) is 9.79. The van der Waals surface area contributed by atoms with Crippen molar-refractivity contribution in [1.82, 2.24) is 5.32 Å². The van der Waals surface area contributed by atoms with Gasteiger partial charge in [0.25, 0.3) is 0 Å². The van der Waals surface area contributed by atoms with Crippen LogP contribution in [-0.4, -0.2) is 23.2 Å². The van der Waals surface area contributed by atoms with Crippen LogP contribution in [0, 0.1) is 12.8 Å². The molecule has 2 N–H and O–H groups in total. The second-order valence-electron chi connectivity index (χ2n) is 5.68. The van der Waals surface area contributed by atoms with Gasteiger partial charge in [-0.15, -0.1) is 0 Å². The van der Waals surface area contributed by atoms with Gasteiger partial charge in [0.1, 0.15) is 6.04 Å². The molecule has 116 valence electrons. The fraction of sp³-hybridized carbons (Fsp3) is 0.500. The topological polar surface area (TPSA) is 50.4 Å². The summed E-state index contributed by atoms with van der Waals surface area (Å²) in [4.78, 5) is 12.1. The Bertz CT molecular complexity index is 501. The van der Waals surface area contributed by atoms with Crippen molar-refractivity contribution in [3.63, 3.8) is 0 Å². The monoisotopic (exact) mass is 308 g/mol. The Kier molecular flexibility index (Phi) is 6.62. The van der Waals surface area contributed by atoms with E-state index < -0.39 is 6.04 Å². The molecule has 0 fully saturated rings. The molecule has 1 aromatic carbocycles. The molecule has 0 radical (unpaired) electrons. The Hall–Kier alpha value is -1.62. The second kappa shape index (κ2) is 7.98. The van der Waals surface area contributed by atoms with Crippen LogP contribution >= 0.6 is 12.2 Å². The number of hydrogen-bond acceptors (Lipinski definition) is 3. The summed E-state index contributed by atoms with van der Waals surface area (Å²) in [5, 5.41) is 6.54. The van der Waals surface area contributed by atoms with E-state index in [-0.39, 0.29) is 18.0 Å². The van der Waals surface area contributed by atoms with Crippen molar-refractivity contribution in [1.29, 1.82) is 0 Å². The van der Waals surface area contributed by atoms with Gasteiger partial charge in [0.15, 0.2) is 5.11 Å². The molecule has 0 aliphatic carbocycles. The number of rotatable bonds is 5. The van der Waals surface area contributed by atoms with Gasteiger partial charge in [-0.3, -0.25) is 0 Å². The van der Waals surface area contributed by atoms with Gasteiger partial charge < -0.3 is 15.4 Å². The van der Waals surface area contributed by atoms with E-state index in [1.807, 2.05) is 58.9 Å². The number of benzene rings is 1. The number of thiocarbonyl (C=S) groups is 1. The van der Waals surface area contributed by atoms with Gasteiger partial charge >= 0.3 is 5.97 Å². The number of carbonyl (C=O) groups excluding carboxylic acids is 1. The third-order valence-corrected chi connectivity index (χ3v) is 3.05. The van der Waals surface area contributed by atoms with Gasteiger partial charge in [0, 0.05) is 5.69 Å². The molecule has 4 nitrogen and oxygen atoms in total. The highest BCUT2D eigenvalue weighted by Gasteiger charge is 2.25. The lowest BCUT2D eigenvalue weighted by Crippen LogP contribution is -2.47. The summed E-state index contributed by atoms with van der Waals surface area (Å²) < 4.78 is 5.26. The van der Waals surface area contributed by atoms with Crippen molar-refractivity contribution < 1.29 is 9.53 Å². The first-order valence-electron chi connectivity index (χ1n) is 7.14. The molecule has 21 heavy (non-hydrogen) atoms. The van der Waals surface area contributed by atoms with Crippen molar-refractivity contribution in [2.45, 2.75) is 46.8 Å². The molecule has 0 aliphatic heterocycles. The van der Waals surface area contributed by atoms with Crippen molar-refractivity contribution in [2.24, 2.45) is 5.92 Å². The molecule has 0 spiro atoms. The minimum Gasteiger partial charge on any atom is -0.461 e. The van der Waals surface area contributed by atoms with Crippen LogP contribution in [0.3, 0.4) is 0 Å². The predicted molar refractivity (Wildman–Crippen MR) is 90.4 cm³/mol. The fourth-order valence-electron chi connectivity index (χ4n) is 1.83. The maximum absolute atomic E-state index is 12.1. The fourth-order valence-corrected chi connectivity index (χ4v) is 2.08. The molecule has 1 rings (SSSR count). The molecule has 0 aliphatic rings. The van der Waals surface area contributed by atoms with Gasteiger partial charge in [-0.2, -0.15) is 0 Å². The summed E-state index contributed by atoms with van der Waals surface area (Å²) >= 11 is 5.28. The molecule has 0 amide bonds. The van der Waals surface area contributed by atoms with Crippen LogP contribution in [0.1, 0.15) is 33.3 Å². The Morgan fingerprint density at radius 2 is 1.90 bits per heavy atom. The van der Waals surface area contributed by atoms with E-state index in [0.717, 1.165) is 11.3 Å². The number of hydrogen-bond donors (Lipinski definition) is 2. The Morgan fingerprint density at radius 3 is 2.43 bits per heavy atom. The highest BCUT2D eigenvalue weighted by molar-refractivity contribution is 7.80. The first-order valence-corrected chi connectivity index (χ1v) is 7.55. The molecular weight excluding hydrogens is 284 g/mol. The average molecular weight is 308 g/mol. The minimum absolute atomic E-state index is 0.0773. The molecule has 5 heteroatoms. The lowest BCUT2D eigenvalue weighted by molar-refractivity contribution is -0.150. The molecule has 0 aromatic heterocycles.